The highest BCUT2D eigenvalue weighted by Gasteiger charge is 2.12. The molecule has 56 valence electrons. The first-order valence-corrected chi connectivity index (χ1v) is 3.77. The molecule has 0 bridgehead atoms. The average Bonchev–Trinajstić information content (AvgIpc) is 2.33. The third kappa shape index (κ3) is 0.946. The van der Waals surface area contributed by atoms with Crippen molar-refractivity contribution in [2.45, 2.75) is 20.3 Å². The van der Waals surface area contributed by atoms with Crippen LogP contribution in [0.1, 0.15) is 24.0 Å². The molecule has 1 aliphatic carbocycles. The molecule has 0 N–H and O–H groups in total. The van der Waals surface area contributed by atoms with E-state index < -0.39 is 0 Å². The summed E-state index contributed by atoms with van der Waals surface area (Å²) in [5.74, 6) is 0. The maximum absolute atomic E-state index is 4.40. The third-order valence-corrected chi connectivity index (χ3v) is 1.94. The lowest BCUT2D eigenvalue weighted by molar-refractivity contribution is 1.02. The van der Waals surface area contributed by atoms with Crippen LogP contribution in [-0.4, -0.2) is 9.97 Å². The molecule has 0 spiro atoms. The van der Waals surface area contributed by atoms with E-state index in [1.807, 2.05) is 13.1 Å². The summed E-state index contributed by atoms with van der Waals surface area (Å²) in [6.07, 6.45) is 4.95. The Bertz CT molecular complexity index is 326. The van der Waals surface area contributed by atoms with Crippen molar-refractivity contribution in [1.29, 1.82) is 0 Å². The lowest BCUT2D eigenvalue weighted by atomic mass is 10.2. The minimum absolute atomic E-state index is 0.953. The number of hydrogen-bond acceptors (Lipinski definition) is 2. The van der Waals surface area contributed by atoms with E-state index in [-0.39, 0.29) is 0 Å². The van der Waals surface area contributed by atoms with Gasteiger partial charge in [-0.2, -0.15) is 0 Å². The predicted octanol–water partition coefficient (Wildman–Crippen LogP) is 1.74. The van der Waals surface area contributed by atoms with Crippen molar-refractivity contribution in [3.63, 3.8) is 0 Å². The van der Waals surface area contributed by atoms with Gasteiger partial charge in [-0.3, -0.25) is 4.98 Å². The second kappa shape index (κ2) is 2.16. The zero-order chi connectivity index (χ0) is 7.84. The maximum atomic E-state index is 4.40. The lowest BCUT2D eigenvalue weighted by Gasteiger charge is -1.99. The Morgan fingerprint density at radius 1 is 1.36 bits per heavy atom. The van der Waals surface area contributed by atoms with E-state index in [2.05, 4.69) is 23.0 Å². The number of allylic oxidation sites excluding steroid dienone is 2. The van der Waals surface area contributed by atoms with Crippen molar-refractivity contribution in [3.05, 3.63) is 29.4 Å². The molecule has 0 saturated carbocycles. The molecule has 1 aromatic rings. The first-order chi connectivity index (χ1) is 5.27. The summed E-state index contributed by atoms with van der Waals surface area (Å²) in [7, 11) is 0. The molecule has 1 aliphatic rings. The van der Waals surface area contributed by atoms with Crippen LogP contribution in [-0.2, 0) is 6.42 Å². The highest BCUT2D eigenvalue weighted by molar-refractivity contribution is 5.66. The molecule has 0 saturated heterocycles. The van der Waals surface area contributed by atoms with Gasteiger partial charge in [-0.1, -0.05) is 6.08 Å². The van der Waals surface area contributed by atoms with Crippen molar-refractivity contribution in [1.82, 2.24) is 9.97 Å². The molecule has 0 aromatic carbocycles. The van der Waals surface area contributed by atoms with E-state index in [0.29, 0.717) is 0 Å². The fraction of sp³-hybridized carbons (Fsp3) is 0.333. The van der Waals surface area contributed by atoms with Crippen LogP contribution in [0.2, 0.25) is 0 Å². The fourth-order valence-electron chi connectivity index (χ4n) is 1.31. The Morgan fingerprint density at radius 3 is 3.00 bits per heavy atom. The molecule has 2 nitrogen and oxygen atoms in total. The van der Waals surface area contributed by atoms with Crippen LogP contribution >= 0.6 is 0 Å². The molecule has 1 heterocycles. The van der Waals surface area contributed by atoms with Crippen LogP contribution in [0.25, 0.3) is 5.57 Å². The lowest BCUT2D eigenvalue weighted by Crippen LogP contribution is -1.94. The third-order valence-electron chi connectivity index (χ3n) is 1.94. The Hall–Kier alpha value is -1.18. The van der Waals surface area contributed by atoms with Crippen molar-refractivity contribution < 1.29 is 0 Å². The topological polar surface area (TPSA) is 25.8 Å². The smallest absolute Gasteiger partial charge is 0.0877 e. The number of hydrogen-bond donors (Lipinski definition) is 0. The highest BCUT2D eigenvalue weighted by atomic mass is 14.8. The molecule has 1 aromatic heterocycles. The van der Waals surface area contributed by atoms with Gasteiger partial charge in [0.15, 0.2) is 0 Å². The standard InChI is InChI=1S/C9H10N2/c1-6-3-4-8-9(6)11-7(2)5-10-8/h3,5H,4H2,1-2H3. The van der Waals surface area contributed by atoms with Gasteiger partial charge in [-0.25, -0.2) is 4.98 Å². The number of aromatic nitrogens is 2. The highest BCUT2D eigenvalue weighted by Crippen LogP contribution is 2.22. The Kier molecular flexibility index (Phi) is 1.28. The zero-order valence-corrected chi connectivity index (χ0v) is 6.76. The molecule has 0 fully saturated rings. The van der Waals surface area contributed by atoms with Crippen molar-refractivity contribution in [3.8, 4) is 0 Å². The van der Waals surface area contributed by atoms with Gasteiger partial charge in [0, 0.05) is 12.6 Å². The second-order valence-electron chi connectivity index (χ2n) is 2.90. The molecule has 0 unspecified atom stereocenters. The van der Waals surface area contributed by atoms with E-state index in [0.717, 1.165) is 23.5 Å². The van der Waals surface area contributed by atoms with Crippen LogP contribution in [0.3, 0.4) is 0 Å². The summed E-state index contributed by atoms with van der Waals surface area (Å²) >= 11 is 0. The van der Waals surface area contributed by atoms with Gasteiger partial charge in [0.2, 0.25) is 0 Å². The fourth-order valence-corrected chi connectivity index (χ4v) is 1.31. The Labute approximate surface area is 66.0 Å². The molecule has 2 rings (SSSR count). The molecule has 11 heavy (non-hydrogen) atoms. The summed E-state index contributed by atoms with van der Waals surface area (Å²) in [4.78, 5) is 8.70. The first kappa shape index (κ1) is 6.53. The molecule has 0 radical (unpaired) electrons. The van der Waals surface area contributed by atoms with E-state index in [1.54, 1.807) is 0 Å². The van der Waals surface area contributed by atoms with Gasteiger partial charge in [-0.15, -0.1) is 0 Å². The second-order valence-corrected chi connectivity index (χ2v) is 2.90. The van der Waals surface area contributed by atoms with Crippen LogP contribution < -0.4 is 0 Å². The molecular weight excluding hydrogens is 136 g/mol. The SMILES string of the molecule is CC1=CCc2ncc(C)nc21. The first-order valence-electron chi connectivity index (χ1n) is 3.77. The van der Waals surface area contributed by atoms with E-state index >= 15 is 0 Å². The zero-order valence-electron chi connectivity index (χ0n) is 6.76. The van der Waals surface area contributed by atoms with Gasteiger partial charge >= 0.3 is 0 Å². The summed E-state index contributed by atoms with van der Waals surface area (Å²) in [6, 6.07) is 0. The number of rotatable bonds is 0. The monoisotopic (exact) mass is 146 g/mol. The van der Waals surface area contributed by atoms with Crippen LogP contribution in [0.4, 0.5) is 0 Å². The largest absolute Gasteiger partial charge is 0.257 e. The molecule has 0 amide bonds. The number of aryl methyl sites for hydroxylation is 1. The summed E-state index contributed by atoms with van der Waals surface area (Å²) in [6.45, 7) is 4.05. The van der Waals surface area contributed by atoms with E-state index in [1.165, 1.54) is 5.57 Å². The maximum Gasteiger partial charge on any atom is 0.0877 e. The van der Waals surface area contributed by atoms with Gasteiger partial charge in [-0.05, 0) is 19.4 Å². The quantitative estimate of drug-likeness (QED) is 0.557. The molecule has 0 aliphatic heterocycles. The van der Waals surface area contributed by atoms with Gasteiger partial charge in [0.05, 0.1) is 17.1 Å². The van der Waals surface area contributed by atoms with Crippen molar-refractivity contribution in [2.24, 2.45) is 0 Å². The average molecular weight is 146 g/mol. The minimum Gasteiger partial charge on any atom is -0.257 e. The number of fused-ring (bicyclic) bond motifs is 1. The van der Waals surface area contributed by atoms with Crippen LogP contribution in [0, 0.1) is 6.92 Å². The number of nitrogens with zero attached hydrogens (tertiary/aromatic N) is 2. The van der Waals surface area contributed by atoms with Gasteiger partial charge in [0.1, 0.15) is 0 Å². The van der Waals surface area contributed by atoms with Gasteiger partial charge < -0.3 is 0 Å². The van der Waals surface area contributed by atoms with E-state index in [4.69, 9.17) is 0 Å². The Morgan fingerprint density at radius 2 is 2.18 bits per heavy atom. The predicted molar refractivity (Wildman–Crippen MR) is 44.1 cm³/mol. The minimum atomic E-state index is 0.953. The van der Waals surface area contributed by atoms with Crippen molar-refractivity contribution in [2.75, 3.05) is 0 Å². The van der Waals surface area contributed by atoms with Crippen LogP contribution in [0.5, 0.6) is 0 Å². The molecule has 2 heteroatoms. The van der Waals surface area contributed by atoms with Crippen LogP contribution in [0.15, 0.2) is 12.3 Å². The Balaban J connectivity index is 2.60. The summed E-state index contributed by atoms with van der Waals surface area (Å²) in [5.41, 5.74) is 4.47. The summed E-state index contributed by atoms with van der Waals surface area (Å²) < 4.78 is 0. The van der Waals surface area contributed by atoms with Crippen molar-refractivity contribution >= 4 is 5.57 Å². The molecule has 0 atom stereocenters. The van der Waals surface area contributed by atoms with Gasteiger partial charge in [0.25, 0.3) is 0 Å². The molecular formula is C9H10N2. The normalized spacial score (nSPS) is 14.5. The summed E-state index contributed by atoms with van der Waals surface area (Å²) in [5, 5.41) is 0. The van der Waals surface area contributed by atoms with E-state index in [9.17, 15) is 0 Å².